The first kappa shape index (κ1) is 24.6. The Balaban J connectivity index is 1.63. The summed E-state index contributed by atoms with van der Waals surface area (Å²) in [4.78, 5) is 17.9. The second-order valence-electron chi connectivity index (χ2n) is 7.95. The molecule has 6 nitrogen and oxygen atoms in total. The molecule has 35 heavy (non-hydrogen) atoms. The average Bonchev–Trinajstić information content (AvgIpc) is 3.21. The number of hydrogen-bond acceptors (Lipinski definition) is 4. The SMILES string of the molecule is C#CCn1c(=NC(=O)c2ccc(S(=O)(=O)N(CC)Cc3ccccc3)cc2)sc2cccc(C)c21. The lowest BCUT2D eigenvalue weighted by Gasteiger charge is -2.20. The lowest BCUT2D eigenvalue weighted by Crippen LogP contribution is -2.30. The topological polar surface area (TPSA) is 71.7 Å². The quantitative estimate of drug-likeness (QED) is 0.346. The van der Waals surface area contributed by atoms with Crippen LogP contribution in [0.1, 0.15) is 28.4 Å². The Kier molecular flexibility index (Phi) is 7.31. The molecule has 4 rings (SSSR count). The van der Waals surface area contributed by atoms with E-state index in [4.69, 9.17) is 6.42 Å². The van der Waals surface area contributed by atoms with Crippen molar-refractivity contribution in [2.24, 2.45) is 4.99 Å². The number of hydrogen-bond donors (Lipinski definition) is 0. The molecule has 178 valence electrons. The van der Waals surface area contributed by atoms with Gasteiger partial charge < -0.3 is 4.57 Å². The molecule has 1 heterocycles. The first-order chi connectivity index (χ1) is 16.8. The second kappa shape index (κ2) is 10.4. The van der Waals surface area contributed by atoms with E-state index in [1.807, 2.05) is 60.0 Å². The standard InChI is InChI=1S/C27H25N3O3S2/c1-4-18-30-25-20(3)10-9-13-24(25)34-27(30)28-26(31)22-14-16-23(17-15-22)35(32,33)29(5-2)19-21-11-7-6-8-12-21/h1,6-17H,5,18-19H2,2-3H3. The Bertz CT molecular complexity index is 1580. The number of carbonyl (C=O) groups excluding carboxylic acids is 1. The number of carbonyl (C=O) groups is 1. The van der Waals surface area contributed by atoms with E-state index in [1.54, 1.807) is 6.92 Å². The number of fused-ring (bicyclic) bond motifs is 1. The van der Waals surface area contributed by atoms with Crippen LogP contribution in [0.15, 0.2) is 82.7 Å². The molecule has 1 aromatic heterocycles. The van der Waals surface area contributed by atoms with Gasteiger partial charge in [-0.1, -0.05) is 66.6 Å². The largest absolute Gasteiger partial charge is 0.304 e. The van der Waals surface area contributed by atoms with Gasteiger partial charge in [0.2, 0.25) is 10.0 Å². The maximum absolute atomic E-state index is 13.2. The van der Waals surface area contributed by atoms with Crippen molar-refractivity contribution in [2.75, 3.05) is 6.54 Å². The van der Waals surface area contributed by atoms with Gasteiger partial charge in [-0.05, 0) is 48.4 Å². The highest BCUT2D eigenvalue weighted by Gasteiger charge is 2.23. The average molecular weight is 504 g/mol. The smallest absolute Gasteiger partial charge is 0.279 e. The molecule has 0 radical (unpaired) electrons. The number of sulfonamides is 1. The second-order valence-corrected chi connectivity index (χ2v) is 10.9. The van der Waals surface area contributed by atoms with Crippen LogP contribution in [0.3, 0.4) is 0 Å². The van der Waals surface area contributed by atoms with Crippen LogP contribution in [0.5, 0.6) is 0 Å². The summed E-state index contributed by atoms with van der Waals surface area (Å²) < 4.78 is 30.6. The summed E-state index contributed by atoms with van der Waals surface area (Å²) in [7, 11) is -3.72. The molecule has 0 aliphatic heterocycles. The first-order valence-electron chi connectivity index (χ1n) is 11.1. The molecule has 0 atom stereocenters. The van der Waals surface area contributed by atoms with Gasteiger partial charge in [-0.15, -0.1) is 6.42 Å². The molecule has 0 saturated heterocycles. The summed E-state index contributed by atoms with van der Waals surface area (Å²) in [6, 6.07) is 21.3. The number of benzene rings is 3. The Morgan fingerprint density at radius 3 is 2.43 bits per heavy atom. The van der Waals surface area contributed by atoms with Gasteiger partial charge in [0.15, 0.2) is 4.80 Å². The van der Waals surface area contributed by atoms with Crippen LogP contribution in [0.25, 0.3) is 10.2 Å². The fourth-order valence-corrected chi connectivity index (χ4v) is 6.40. The molecule has 8 heteroatoms. The molecule has 0 aliphatic rings. The number of thiazole rings is 1. The number of aromatic nitrogens is 1. The van der Waals surface area contributed by atoms with E-state index in [1.165, 1.54) is 39.9 Å². The van der Waals surface area contributed by atoms with Crippen molar-refractivity contribution in [3.63, 3.8) is 0 Å². The van der Waals surface area contributed by atoms with Gasteiger partial charge in [-0.2, -0.15) is 9.30 Å². The summed E-state index contributed by atoms with van der Waals surface area (Å²) in [6.45, 7) is 4.69. The number of para-hydroxylation sites is 1. The predicted molar refractivity (Wildman–Crippen MR) is 139 cm³/mol. The molecule has 0 N–H and O–H groups in total. The molecule has 0 saturated carbocycles. The molecule has 0 spiro atoms. The van der Waals surface area contributed by atoms with E-state index in [0.717, 1.165) is 21.3 Å². The minimum Gasteiger partial charge on any atom is -0.304 e. The molecular weight excluding hydrogens is 478 g/mol. The van der Waals surface area contributed by atoms with Crippen molar-refractivity contribution >= 4 is 37.5 Å². The van der Waals surface area contributed by atoms with Crippen molar-refractivity contribution in [1.82, 2.24) is 8.87 Å². The van der Waals surface area contributed by atoms with Gasteiger partial charge in [0.25, 0.3) is 5.91 Å². The van der Waals surface area contributed by atoms with Crippen LogP contribution >= 0.6 is 11.3 Å². The molecular formula is C27H25N3O3S2. The maximum atomic E-state index is 13.2. The van der Waals surface area contributed by atoms with E-state index in [0.29, 0.717) is 23.5 Å². The van der Waals surface area contributed by atoms with Gasteiger partial charge >= 0.3 is 0 Å². The molecule has 0 aliphatic carbocycles. The van der Waals surface area contributed by atoms with Crippen molar-refractivity contribution < 1.29 is 13.2 Å². The van der Waals surface area contributed by atoms with Crippen LogP contribution in [0.4, 0.5) is 0 Å². The monoisotopic (exact) mass is 503 g/mol. The third-order valence-electron chi connectivity index (χ3n) is 5.64. The van der Waals surface area contributed by atoms with Gasteiger partial charge in [0.05, 0.1) is 21.7 Å². The van der Waals surface area contributed by atoms with E-state index in [-0.39, 0.29) is 11.4 Å². The Labute approximate surface area is 209 Å². The van der Waals surface area contributed by atoms with Crippen molar-refractivity contribution in [1.29, 1.82) is 0 Å². The van der Waals surface area contributed by atoms with Crippen LogP contribution in [-0.2, 0) is 23.1 Å². The zero-order valence-electron chi connectivity index (χ0n) is 19.5. The molecule has 4 aromatic rings. The normalized spacial score (nSPS) is 12.2. The van der Waals surface area contributed by atoms with E-state index in [9.17, 15) is 13.2 Å². The number of terminal acetylenes is 1. The fourth-order valence-electron chi connectivity index (χ4n) is 3.85. The Morgan fingerprint density at radius 2 is 1.77 bits per heavy atom. The highest BCUT2D eigenvalue weighted by Crippen LogP contribution is 2.22. The summed E-state index contributed by atoms with van der Waals surface area (Å²) in [6.07, 6.45) is 5.56. The Morgan fingerprint density at radius 1 is 1.06 bits per heavy atom. The van der Waals surface area contributed by atoms with Crippen LogP contribution in [0.2, 0.25) is 0 Å². The summed E-state index contributed by atoms with van der Waals surface area (Å²) >= 11 is 1.39. The van der Waals surface area contributed by atoms with Crippen LogP contribution in [-0.4, -0.2) is 29.7 Å². The minimum atomic E-state index is -3.72. The van der Waals surface area contributed by atoms with E-state index >= 15 is 0 Å². The van der Waals surface area contributed by atoms with Gasteiger partial charge in [-0.25, -0.2) is 8.42 Å². The highest BCUT2D eigenvalue weighted by molar-refractivity contribution is 7.89. The molecule has 1 amide bonds. The van der Waals surface area contributed by atoms with Crippen molar-refractivity contribution in [3.05, 3.63) is 94.3 Å². The third kappa shape index (κ3) is 5.13. The first-order valence-corrected chi connectivity index (χ1v) is 13.4. The Hall–Kier alpha value is -3.51. The van der Waals surface area contributed by atoms with Crippen molar-refractivity contribution in [3.8, 4) is 12.3 Å². The van der Waals surface area contributed by atoms with E-state index in [2.05, 4.69) is 10.9 Å². The van der Waals surface area contributed by atoms with Gasteiger partial charge in [0.1, 0.15) is 0 Å². The number of nitrogens with zero attached hydrogens (tertiary/aromatic N) is 3. The van der Waals surface area contributed by atoms with Gasteiger partial charge in [-0.3, -0.25) is 4.79 Å². The summed E-state index contributed by atoms with van der Waals surface area (Å²) in [5.41, 5.74) is 3.22. The minimum absolute atomic E-state index is 0.131. The number of aryl methyl sites for hydroxylation is 1. The number of amides is 1. The van der Waals surface area contributed by atoms with Crippen molar-refractivity contribution in [2.45, 2.75) is 31.8 Å². The molecule has 3 aromatic carbocycles. The summed E-state index contributed by atoms with van der Waals surface area (Å²) in [5.74, 6) is 2.17. The lowest BCUT2D eigenvalue weighted by molar-refractivity contribution is 0.0998. The number of rotatable bonds is 7. The van der Waals surface area contributed by atoms with Gasteiger partial charge in [0, 0.05) is 18.7 Å². The zero-order chi connectivity index (χ0) is 25.0. The molecule has 0 fully saturated rings. The maximum Gasteiger partial charge on any atom is 0.279 e. The molecule has 0 bridgehead atoms. The summed E-state index contributed by atoms with van der Waals surface area (Å²) in [5, 5.41) is 0. The zero-order valence-corrected chi connectivity index (χ0v) is 21.1. The van der Waals surface area contributed by atoms with Crippen LogP contribution in [0, 0.1) is 19.3 Å². The van der Waals surface area contributed by atoms with Crippen LogP contribution < -0.4 is 4.80 Å². The highest BCUT2D eigenvalue weighted by atomic mass is 32.2. The third-order valence-corrected chi connectivity index (χ3v) is 8.62. The lowest BCUT2D eigenvalue weighted by atomic mass is 10.2. The van der Waals surface area contributed by atoms with E-state index < -0.39 is 15.9 Å². The molecule has 0 unspecified atom stereocenters. The predicted octanol–water partition coefficient (Wildman–Crippen LogP) is 4.60. The fraction of sp³-hybridized carbons (Fsp3) is 0.185.